The van der Waals surface area contributed by atoms with Crippen molar-refractivity contribution in [2.24, 2.45) is 5.73 Å². The van der Waals surface area contributed by atoms with Crippen molar-refractivity contribution in [2.45, 2.75) is 52.7 Å². The molecule has 0 aromatic heterocycles. The average molecular weight is 419 g/mol. The molecule has 29 heavy (non-hydrogen) atoms. The molecule has 0 aliphatic heterocycles. The smallest absolute Gasteiger partial charge is 0.123 e. The molecule has 0 amide bonds. The van der Waals surface area contributed by atoms with Crippen molar-refractivity contribution in [1.29, 1.82) is 5.41 Å². The van der Waals surface area contributed by atoms with Crippen molar-refractivity contribution < 1.29 is 14.6 Å². The van der Waals surface area contributed by atoms with Gasteiger partial charge in [0.05, 0.1) is 18.1 Å². The second kappa shape index (κ2) is 10.2. The second-order valence-corrected chi connectivity index (χ2v) is 7.46. The first-order valence-electron chi connectivity index (χ1n) is 9.33. The fraction of sp³-hybridized carbons (Fsp3) is 0.364. The number of amidine groups is 1. The number of carbonyl (C=O) groups excluding carboxylic acids is 1. The van der Waals surface area contributed by atoms with Gasteiger partial charge in [0.1, 0.15) is 11.6 Å². The number of anilines is 1. The van der Waals surface area contributed by atoms with Crippen molar-refractivity contribution in [1.82, 2.24) is 0 Å². The monoisotopic (exact) mass is 418 g/mol. The van der Waals surface area contributed by atoms with Gasteiger partial charge in [0, 0.05) is 11.3 Å². The lowest BCUT2D eigenvalue weighted by Crippen LogP contribution is -2.35. The summed E-state index contributed by atoms with van der Waals surface area (Å²) in [7, 11) is 0. The summed E-state index contributed by atoms with van der Waals surface area (Å²) in [6, 6.07) is 9.49. The van der Waals surface area contributed by atoms with Crippen LogP contribution in [0.15, 0.2) is 36.4 Å². The van der Waals surface area contributed by atoms with Crippen LogP contribution in [-0.4, -0.2) is 17.9 Å². The Morgan fingerprint density at radius 2 is 1.69 bits per heavy atom. The van der Waals surface area contributed by atoms with E-state index in [0.717, 1.165) is 16.9 Å². The molecule has 1 unspecified atom stereocenters. The molecule has 0 aliphatic rings. The molecule has 4 N–H and O–H groups in total. The lowest BCUT2D eigenvalue weighted by atomic mass is 9.92. The van der Waals surface area contributed by atoms with Crippen molar-refractivity contribution in [3.63, 3.8) is 0 Å². The first-order valence-corrected chi connectivity index (χ1v) is 9.33. The summed E-state index contributed by atoms with van der Waals surface area (Å²) in [5, 5.41) is 22.4. The van der Waals surface area contributed by atoms with Crippen molar-refractivity contribution in [2.75, 3.05) is 5.32 Å². The summed E-state index contributed by atoms with van der Waals surface area (Å²) in [6.07, 6.45) is 0.0256. The minimum atomic E-state index is -1.22. The molecule has 0 aliphatic carbocycles. The number of halogens is 1. The number of nitrogens with one attached hydrogen (secondary N) is 2. The highest BCUT2D eigenvalue weighted by molar-refractivity contribution is 5.95. The van der Waals surface area contributed by atoms with Crippen LogP contribution in [0, 0.1) is 12.3 Å². The van der Waals surface area contributed by atoms with Gasteiger partial charge in [0.2, 0.25) is 0 Å². The first-order chi connectivity index (χ1) is 13.1. The van der Waals surface area contributed by atoms with E-state index in [2.05, 4.69) is 5.32 Å². The molecule has 0 saturated heterocycles. The third kappa shape index (κ3) is 6.12. The maximum absolute atomic E-state index is 11.9. The highest BCUT2D eigenvalue weighted by Crippen LogP contribution is 2.34. The van der Waals surface area contributed by atoms with Crippen LogP contribution in [-0.2, 0) is 4.79 Å². The molecule has 2 aromatic rings. The fourth-order valence-electron chi connectivity index (χ4n) is 3.01. The molecule has 2 rings (SSSR count). The number of carbonyl (C=O) groups is 1. The Morgan fingerprint density at radius 3 is 2.14 bits per heavy atom. The van der Waals surface area contributed by atoms with Crippen LogP contribution in [0.5, 0.6) is 5.75 Å². The predicted molar refractivity (Wildman–Crippen MR) is 117 cm³/mol. The fourth-order valence-corrected chi connectivity index (χ4v) is 3.01. The van der Waals surface area contributed by atoms with E-state index in [-0.39, 0.29) is 30.3 Å². The van der Waals surface area contributed by atoms with Crippen LogP contribution in [0.25, 0.3) is 0 Å². The van der Waals surface area contributed by atoms with Crippen molar-refractivity contribution in [3.8, 4) is 5.75 Å². The average Bonchev–Trinajstić information content (AvgIpc) is 2.59. The van der Waals surface area contributed by atoms with Crippen molar-refractivity contribution in [3.05, 3.63) is 58.7 Å². The molecule has 0 saturated carbocycles. The summed E-state index contributed by atoms with van der Waals surface area (Å²) in [4.78, 5) is 11.9. The Labute approximate surface area is 178 Å². The maximum Gasteiger partial charge on any atom is 0.123 e. The lowest BCUT2D eigenvalue weighted by Gasteiger charge is -2.26. The number of carboxylic acid groups (broad SMARTS) is 1. The summed E-state index contributed by atoms with van der Waals surface area (Å²) in [5.41, 5.74) is 9.04. The summed E-state index contributed by atoms with van der Waals surface area (Å²) < 4.78 is 5.92. The van der Waals surface area contributed by atoms with Gasteiger partial charge in [0.25, 0.3) is 0 Å². The molecule has 7 heteroatoms. The number of ether oxygens (including phenoxy) is 1. The minimum absolute atomic E-state index is 0. The maximum atomic E-state index is 11.9. The minimum Gasteiger partial charge on any atom is -0.548 e. The number of rotatable bonds is 8. The summed E-state index contributed by atoms with van der Waals surface area (Å²) >= 11 is 0. The molecular formula is C22H29ClN3O3-. The highest BCUT2D eigenvalue weighted by Gasteiger charge is 2.20. The van der Waals surface area contributed by atoms with E-state index >= 15 is 0 Å². The third-order valence-electron chi connectivity index (χ3n) is 4.44. The van der Waals surface area contributed by atoms with E-state index in [9.17, 15) is 9.90 Å². The predicted octanol–water partition coefficient (Wildman–Crippen LogP) is 3.51. The zero-order chi connectivity index (χ0) is 21.0. The second-order valence-electron chi connectivity index (χ2n) is 7.46. The SMILES string of the molecule is Cc1cc(OC(C)C)c(C(C)C)cc1C(Nc1ccc(C(=N)N)cc1)C(=O)[O-].Cl. The van der Waals surface area contributed by atoms with Gasteiger partial charge in [0.15, 0.2) is 0 Å². The highest BCUT2D eigenvalue weighted by atomic mass is 35.5. The van der Waals surface area contributed by atoms with E-state index in [1.807, 2.05) is 46.8 Å². The number of aryl methyl sites for hydroxylation is 1. The third-order valence-corrected chi connectivity index (χ3v) is 4.44. The van der Waals surface area contributed by atoms with Crippen LogP contribution in [0.3, 0.4) is 0 Å². The molecule has 0 fully saturated rings. The number of hydrogen-bond acceptors (Lipinski definition) is 5. The number of nitrogens with two attached hydrogens (primary N) is 1. The Morgan fingerprint density at radius 1 is 1.10 bits per heavy atom. The number of hydrogen-bond donors (Lipinski definition) is 3. The molecule has 1 atom stereocenters. The quantitative estimate of drug-likeness (QED) is 0.448. The van der Waals surface area contributed by atoms with Gasteiger partial charge in [-0.15, -0.1) is 12.4 Å². The zero-order valence-electron chi connectivity index (χ0n) is 17.4. The van der Waals surface area contributed by atoms with E-state index in [1.54, 1.807) is 24.3 Å². The van der Waals surface area contributed by atoms with Gasteiger partial charge >= 0.3 is 0 Å². The largest absolute Gasteiger partial charge is 0.548 e. The Hall–Kier alpha value is -2.73. The Kier molecular flexibility index (Phi) is 8.52. The number of benzene rings is 2. The first kappa shape index (κ1) is 24.3. The van der Waals surface area contributed by atoms with E-state index in [0.29, 0.717) is 16.8 Å². The van der Waals surface area contributed by atoms with Crippen LogP contribution in [0.2, 0.25) is 0 Å². The molecular weight excluding hydrogens is 390 g/mol. The van der Waals surface area contributed by atoms with Crippen LogP contribution in [0.4, 0.5) is 5.69 Å². The molecule has 158 valence electrons. The van der Waals surface area contributed by atoms with Crippen LogP contribution in [0.1, 0.15) is 61.9 Å². The Balaban J connectivity index is 0.00000420. The van der Waals surface area contributed by atoms with Crippen LogP contribution < -0.4 is 20.9 Å². The van der Waals surface area contributed by atoms with Gasteiger partial charge < -0.3 is 25.7 Å². The van der Waals surface area contributed by atoms with E-state index in [4.69, 9.17) is 15.9 Å². The van der Waals surface area contributed by atoms with Gasteiger partial charge in [-0.2, -0.15) is 0 Å². The standard InChI is InChI=1S/C22H29N3O3.ClH/c1-12(2)17-11-18(14(5)10-19(17)28-13(3)4)20(22(26)27)25-16-8-6-15(7-9-16)21(23)24;/h6-13,20,25H,1-5H3,(H3,23,24)(H,26,27);1H/p-1. The molecule has 0 spiro atoms. The molecule has 0 heterocycles. The van der Waals surface area contributed by atoms with Crippen LogP contribution >= 0.6 is 12.4 Å². The molecule has 6 nitrogen and oxygen atoms in total. The van der Waals surface area contributed by atoms with Crippen molar-refractivity contribution >= 4 is 29.9 Å². The topological polar surface area (TPSA) is 111 Å². The van der Waals surface area contributed by atoms with E-state index in [1.165, 1.54) is 0 Å². The number of nitrogen functional groups attached to an aromatic ring is 1. The summed E-state index contributed by atoms with van der Waals surface area (Å²) in [6.45, 7) is 9.88. The Bertz CT molecular complexity index is 864. The molecule has 2 aromatic carbocycles. The van der Waals surface area contributed by atoms with Gasteiger partial charge in [-0.3, -0.25) is 5.41 Å². The van der Waals surface area contributed by atoms with Gasteiger partial charge in [-0.05, 0) is 79.8 Å². The lowest BCUT2D eigenvalue weighted by molar-refractivity contribution is -0.307. The number of aliphatic carboxylic acids is 1. The van der Waals surface area contributed by atoms with Gasteiger partial charge in [-0.25, -0.2) is 0 Å². The molecule has 0 bridgehead atoms. The zero-order valence-corrected chi connectivity index (χ0v) is 18.2. The summed E-state index contributed by atoms with van der Waals surface area (Å²) in [5.74, 6) is -0.313. The molecule has 0 radical (unpaired) electrons. The normalized spacial score (nSPS) is 11.7. The van der Waals surface area contributed by atoms with Gasteiger partial charge in [-0.1, -0.05) is 13.8 Å². The number of carboxylic acids is 1. The van der Waals surface area contributed by atoms with E-state index < -0.39 is 12.0 Å².